The van der Waals surface area contributed by atoms with E-state index < -0.39 is 12.3 Å². The number of esters is 1. The Kier molecular flexibility index (Phi) is 1.41. The highest BCUT2D eigenvalue weighted by Crippen LogP contribution is 2.30. The molecule has 1 aromatic carbocycles. The van der Waals surface area contributed by atoms with Crippen molar-refractivity contribution in [1.82, 2.24) is 0 Å². The van der Waals surface area contributed by atoms with Crippen molar-refractivity contribution in [3.8, 4) is 0 Å². The van der Waals surface area contributed by atoms with Gasteiger partial charge < -0.3 is 9.84 Å². The number of ether oxygens (including phenoxy) is 1. The number of rotatable bonds is 0. The average molecular weight is 164 g/mol. The summed E-state index contributed by atoms with van der Waals surface area (Å²) >= 11 is 0. The number of carbonyl (C=O) groups excluding carboxylic acids is 1. The van der Waals surface area contributed by atoms with Crippen LogP contribution in [0.25, 0.3) is 0 Å². The summed E-state index contributed by atoms with van der Waals surface area (Å²) in [4.78, 5) is 11.0. The number of carbonyl (C=O) groups is 1. The van der Waals surface area contributed by atoms with Crippen LogP contribution in [0.2, 0.25) is 0 Å². The lowest BCUT2D eigenvalue weighted by Crippen LogP contribution is -1.96. The first-order valence-electron chi connectivity index (χ1n) is 3.68. The lowest BCUT2D eigenvalue weighted by molar-refractivity contribution is -0.0550. The van der Waals surface area contributed by atoms with Gasteiger partial charge in [0.1, 0.15) is 0 Å². The van der Waals surface area contributed by atoms with Crippen LogP contribution in [0.1, 0.15) is 27.8 Å². The van der Waals surface area contributed by atoms with Gasteiger partial charge in [-0.05, 0) is 18.6 Å². The van der Waals surface area contributed by atoms with E-state index in [1.165, 1.54) is 0 Å². The first-order chi connectivity index (χ1) is 5.70. The molecule has 0 unspecified atom stereocenters. The largest absolute Gasteiger partial charge is 0.428 e. The Balaban J connectivity index is 2.67. The van der Waals surface area contributed by atoms with E-state index in [-0.39, 0.29) is 0 Å². The topological polar surface area (TPSA) is 46.5 Å². The molecule has 0 bridgehead atoms. The van der Waals surface area contributed by atoms with Crippen LogP contribution >= 0.6 is 0 Å². The van der Waals surface area contributed by atoms with Crippen molar-refractivity contribution >= 4 is 5.97 Å². The SMILES string of the molecule is Cc1cccc2c1[C@H](O)OC2=O. The zero-order valence-corrected chi connectivity index (χ0v) is 6.57. The van der Waals surface area contributed by atoms with E-state index in [1.807, 2.05) is 13.0 Å². The summed E-state index contributed by atoms with van der Waals surface area (Å²) in [6.07, 6.45) is -1.08. The highest BCUT2D eigenvalue weighted by molar-refractivity contribution is 5.94. The molecule has 62 valence electrons. The Hall–Kier alpha value is -1.35. The minimum absolute atomic E-state index is 0.443. The van der Waals surface area contributed by atoms with Crippen LogP contribution in [0.4, 0.5) is 0 Å². The summed E-state index contributed by atoms with van der Waals surface area (Å²) < 4.78 is 4.63. The molecule has 0 radical (unpaired) electrons. The third kappa shape index (κ3) is 0.833. The number of hydrogen-bond donors (Lipinski definition) is 1. The number of aryl methyl sites for hydroxylation is 1. The van der Waals surface area contributed by atoms with E-state index in [0.717, 1.165) is 5.56 Å². The van der Waals surface area contributed by atoms with E-state index >= 15 is 0 Å². The molecular weight excluding hydrogens is 156 g/mol. The molecule has 0 aliphatic carbocycles. The van der Waals surface area contributed by atoms with Crippen molar-refractivity contribution in [3.05, 3.63) is 34.9 Å². The fourth-order valence-electron chi connectivity index (χ4n) is 1.41. The maximum Gasteiger partial charge on any atom is 0.341 e. The lowest BCUT2D eigenvalue weighted by atomic mass is 10.0. The molecule has 0 spiro atoms. The fourth-order valence-corrected chi connectivity index (χ4v) is 1.41. The fraction of sp³-hybridized carbons (Fsp3) is 0.222. The van der Waals surface area contributed by atoms with Crippen molar-refractivity contribution in [2.75, 3.05) is 0 Å². The monoisotopic (exact) mass is 164 g/mol. The summed E-state index contributed by atoms with van der Waals surface area (Å²) in [7, 11) is 0. The second kappa shape index (κ2) is 2.32. The Morgan fingerprint density at radius 1 is 1.50 bits per heavy atom. The molecule has 1 aliphatic rings. The standard InChI is InChI=1S/C9H8O3/c1-5-3-2-4-6-7(5)9(11)12-8(6)10/h2-4,9,11H,1H3/t9-/m1/s1. The molecular formula is C9H8O3. The van der Waals surface area contributed by atoms with Crippen molar-refractivity contribution in [2.45, 2.75) is 13.2 Å². The molecule has 0 saturated heterocycles. The maximum atomic E-state index is 11.0. The molecule has 1 atom stereocenters. The smallest absolute Gasteiger partial charge is 0.341 e. The maximum absolute atomic E-state index is 11.0. The number of cyclic esters (lactones) is 1. The van der Waals surface area contributed by atoms with Crippen molar-refractivity contribution < 1.29 is 14.6 Å². The highest BCUT2D eigenvalue weighted by atomic mass is 16.6. The molecule has 1 aromatic rings. The molecule has 1 aliphatic heterocycles. The van der Waals surface area contributed by atoms with Crippen molar-refractivity contribution in [2.24, 2.45) is 0 Å². The molecule has 0 amide bonds. The van der Waals surface area contributed by atoms with Crippen LogP contribution in [0.3, 0.4) is 0 Å². The minimum atomic E-state index is -1.08. The van der Waals surface area contributed by atoms with E-state index in [2.05, 4.69) is 4.74 Å². The molecule has 3 nitrogen and oxygen atoms in total. The zero-order chi connectivity index (χ0) is 8.72. The number of aliphatic hydroxyl groups is 1. The summed E-state index contributed by atoms with van der Waals surface area (Å²) in [5.41, 5.74) is 1.95. The second-order valence-electron chi connectivity index (χ2n) is 2.79. The third-order valence-electron chi connectivity index (χ3n) is 2.01. The Morgan fingerprint density at radius 3 is 2.92 bits per heavy atom. The predicted molar refractivity (Wildman–Crippen MR) is 41.6 cm³/mol. The van der Waals surface area contributed by atoms with Crippen LogP contribution in [0, 0.1) is 6.92 Å². The minimum Gasteiger partial charge on any atom is -0.428 e. The van der Waals surface area contributed by atoms with Gasteiger partial charge in [0.05, 0.1) is 5.56 Å². The quantitative estimate of drug-likeness (QED) is 0.585. The summed E-state index contributed by atoms with van der Waals surface area (Å²) in [6.45, 7) is 1.84. The van der Waals surface area contributed by atoms with Crippen LogP contribution in [-0.2, 0) is 4.74 Å². The van der Waals surface area contributed by atoms with Crippen LogP contribution < -0.4 is 0 Å². The van der Waals surface area contributed by atoms with Gasteiger partial charge in [-0.2, -0.15) is 0 Å². The third-order valence-corrected chi connectivity index (χ3v) is 2.01. The molecule has 3 heteroatoms. The van der Waals surface area contributed by atoms with E-state index in [0.29, 0.717) is 11.1 Å². The number of aliphatic hydroxyl groups excluding tert-OH is 1. The van der Waals surface area contributed by atoms with Crippen molar-refractivity contribution in [3.63, 3.8) is 0 Å². The molecule has 12 heavy (non-hydrogen) atoms. The van der Waals surface area contributed by atoms with Gasteiger partial charge >= 0.3 is 5.97 Å². The number of hydrogen-bond acceptors (Lipinski definition) is 3. The first kappa shape index (κ1) is 7.31. The van der Waals surface area contributed by atoms with Gasteiger partial charge in [0.25, 0.3) is 0 Å². The average Bonchev–Trinajstić information content (AvgIpc) is 2.29. The molecule has 0 saturated carbocycles. The Morgan fingerprint density at radius 2 is 2.25 bits per heavy atom. The number of fused-ring (bicyclic) bond motifs is 1. The number of benzene rings is 1. The van der Waals surface area contributed by atoms with Gasteiger partial charge in [-0.15, -0.1) is 0 Å². The molecule has 1 N–H and O–H groups in total. The van der Waals surface area contributed by atoms with E-state index in [4.69, 9.17) is 0 Å². The molecule has 0 fully saturated rings. The van der Waals surface area contributed by atoms with E-state index in [9.17, 15) is 9.90 Å². The second-order valence-corrected chi connectivity index (χ2v) is 2.79. The molecule has 2 rings (SSSR count). The van der Waals surface area contributed by atoms with Gasteiger partial charge in [0.15, 0.2) is 0 Å². The highest BCUT2D eigenvalue weighted by Gasteiger charge is 2.30. The normalized spacial score (nSPS) is 20.5. The Labute approximate surface area is 69.6 Å². The van der Waals surface area contributed by atoms with E-state index in [1.54, 1.807) is 12.1 Å². The van der Waals surface area contributed by atoms with Gasteiger partial charge in [0.2, 0.25) is 6.29 Å². The lowest BCUT2D eigenvalue weighted by Gasteiger charge is -2.03. The summed E-state index contributed by atoms with van der Waals surface area (Å²) in [6, 6.07) is 5.26. The first-order valence-corrected chi connectivity index (χ1v) is 3.68. The van der Waals surface area contributed by atoms with Crippen LogP contribution in [0.5, 0.6) is 0 Å². The summed E-state index contributed by atoms with van der Waals surface area (Å²) in [5.74, 6) is -0.443. The molecule has 1 heterocycles. The molecule has 0 aromatic heterocycles. The summed E-state index contributed by atoms with van der Waals surface area (Å²) in [5, 5.41) is 9.29. The Bertz CT molecular complexity index is 344. The van der Waals surface area contributed by atoms with Crippen LogP contribution in [0.15, 0.2) is 18.2 Å². The van der Waals surface area contributed by atoms with Crippen molar-refractivity contribution in [1.29, 1.82) is 0 Å². The zero-order valence-electron chi connectivity index (χ0n) is 6.57. The van der Waals surface area contributed by atoms with Crippen LogP contribution in [-0.4, -0.2) is 11.1 Å². The van der Waals surface area contributed by atoms with Gasteiger partial charge in [0, 0.05) is 5.56 Å². The van der Waals surface area contributed by atoms with Gasteiger partial charge in [-0.3, -0.25) is 0 Å². The van der Waals surface area contributed by atoms with Gasteiger partial charge in [-0.1, -0.05) is 12.1 Å². The van der Waals surface area contributed by atoms with Gasteiger partial charge in [-0.25, -0.2) is 4.79 Å². The predicted octanol–water partition coefficient (Wildman–Crippen LogP) is 1.16.